The zero-order chi connectivity index (χ0) is 40.7. The fourth-order valence-corrected chi connectivity index (χ4v) is 9.84. The molecule has 0 saturated heterocycles. The Labute approximate surface area is 355 Å². The number of benzene rings is 9. The van der Waals surface area contributed by atoms with E-state index in [1.165, 1.54) is 76.8 Å². The first-order chi connectivity index (χ1) is 30.0. The minimum Gasteiger partial charge on any atom is -0.264 e. The lowest BCUT2D eigenvalue weighted by atomic mass is 9.81. The van der Waals surface area contributed by atoms with Crippen molar-refractivity contribution in [2.75, 3.05) is 0 Å². The maximum Gasteiger partial charge on any atom is 0.161 e. The monoisotopic (exact) mass is 777 g/mol. The van der Waals surface area contributed by atoms with Crippen LogP contribution in [0, 0.1) is 0 Å². The molecule has 1 aliphatic rings. The standard InChI is InChI=1S/C58H39N3/c1-58(2)51-15-6-5-13-47(51)48-30-28-43(33-52(48)58)36-16-20-38(21-17-36)53-34-54(61-57(60-53)50-14-4-3-12-45(50)44-11-8-32-59-35-44)39-22-18-37(19-23-39)46-29-26-42-25-24-40-9-7-10-41-27-31-49(46)56(42)55(40)41/h3-35H,1-2H3. The molecule has 0 bridgehead atoms. The second-order valence-electron chi connectivity index (χ2n) is 16.8. The van der Waals surface area contributed by atoms with E-state index in [1.54, 1.807) is 6.20 Å². The van der Waals surface area contributed by atoms with Crippen LogP contribution in [0.2, 0.25) is 0 Å². The highest BCUT2D eigenvalue weighted by Crippen LogP contribution is 2.49. The Morgan fingerprint density at radius 1 is 0.361 bits per heavy atom. The Kier molecular flexibility index (Phi) is 7.88. The molecule has 9 aromatic carbocycles. The Hall–Kier alpha value is -7.75. The number of fused-ring (bicyclic) bond motifs is 3. The highest BCUT2D eigenvalue weighted by molar-refractivity contribution is 6.25. The van der Waals surface area contributed by atoms with E-state index in [1.807, 2.05) is 12.3 Å². The van der Waals surface area contributed by atoms with E-state index in [9.17, 15) is 0 Å². The van der Waals surface area contributed by atoms with E-state index in [-0.39, 0.29) is 5.41 Å². The second-order valence-corrected chi connectivity index (χ2v) is 16.8. The van der Waals surface area contributed by atoms with Gasteiger partial charge in [0.05, 0.1) is 11.4 Å². The van der Waals surface area contributed by atoms with Gasteiger partial charge in [-0.15, -0.1) is 0 Å². The van der Waals surface area contributed by atoms with Crippen LogP contribution in [-0.2, 0) is 5.41 Å². The van der Waals surface area contributed by atoms with Gasteiger partial charge in [0.15, 0.2) is 5.82 Å². The first-order valence-electron chi connectivity index (χ1n) is 21.0. The van der Waals surface area contributed by atoms with E-state index in [0.717, 1.165) is 39.2 Å². The van der Waals surface area contributed by atoms with Crippen molar-refractivity contribution in [3.63, 3.8) is 0 Å². The van der Waals surface area contributed by atoms with Crippen LogP contribution in [-0.4, -0.2) is 15.0 Å². The van der Waals surface area contributed by atoms with E-state index in [2.05, 4.69) is 201 Å². The molecule has 1 aliphatic carbocycles. The molecular weight excluding hydrogens is 739 g/mol. The number of rotatable bonds is 6. The van der Waals surface area contributed by atoms with E-state index >= 15 is 0 Å². The molecular formula is C58H39N3. The van der Waals surface area contributed by atoms with Crippen LogP contribution in [0.3, 0.4) is 0 Å². The summed E-state index contributed by atoms with van der Waals surface area (Å²) in [4.78, 5) is 15.0. The first kappa shape index (κ1) is 35.2. The molecule has 12 rings (SSSR count). The molecule has 0 saturated carbocycles. The fourth-order valence-electron chi connectivity index (χ4n) is 9.84. The highest BCUT2D eigenvalue weighted by Gasteiger charge is 2.35. The summed E-state index contributed by atoms with van der Waals surface area (Å²) in [5.41, 5.74) is 17.0. The van der Waals surface area contributed by atoms with Crippen molar-refractivity contribution in [3.8, 4) is 78.4 Å². The molecule has 0 radical (unpaired) electrons. The minimum atomic E-state index is -0.0537. The van der Waals surface area contributed by atoms with Crippen molar-refractivity contribution >= 4 is 32.3 Å². The Bertz CT molecular complexity index is 3460. The first-order valence-corrected chi connectivity index (χ1v) is 21.0. The van der Waals surface area contributed by atoms with Crippen LogP contribution in [0.15, 0.2) is 200 Å². The molecule has 0 spiro atoms. The molecule has 286 valence electrons. The van der Waals surface area contributed by atoms with Crippen LogP contribution in [0.5, 0.6) is 0 Å². The van der Waals surface area contributed by atoms with Crippen molar-refractivity contribution in [2.45, 2.75) is 19.3 Å². The average molecular weight is 778 g/mol. The molecule has 2 heterocycles. The third kappa shape index (κ3) is 5.69. The van der Waals surface area contributed by atoms with E-state index in [4.69, 9.17) is 9.97 Å². The Balaban J connectivity index is 0.951. The number of pyridine rings is 1. The van der Waals surface area contributed by atoms with Gasteiger partial charge < -0.3 is 0 Å². The lowest BCUT2D eigenvalue weighted by molar-refractivity contribution is 0.660. The summed E-state index contributed by atoms with van der Waals surface area (Å²) in [6.07, 6.45) is 3.71. The molecule has 3 heteroatoms. The summed E-state index contributed by atoms with van der Waals surface area (Å²) in [5, 5.41) is 7.74. The number of aromatic nitrogens is 3. The maximum absolute atomic E-state index is 5.29. The largest absolute Gasteiger partial charge is 0.264 e. The summed E-state index contributed by atoms with van der Waals surface area (Å²) < 4.78 is 0. The van der Waals surface area contributed by atoms with Crippen molar-refractivity contribution in [1.29, 1.82) is 0 Å². The fraction of sp³-hybridized carbons (Fsp3) is 0.0517. The quantitative estimate of drug-likeness (QED) is 0.158. The normalized spacial score (nSPS) is 12.9. The molecule has 2 aromatic heterocycles. The van der Waals surface area contributed by atoms with Crippen molar-refractivity contribution in [3.05, 3.63) is 212 Å². The van der Waals surface area contributed by atoms with Crippen LogP contribution >= 0.6 is 0 Å². The van der Waals surface area contributed by atoms with Gasteiger partial charge in [0.2, 0.25) is 0 Å². The predicted octanol–water partition coefficient (Wildman–Crippen LogP) is 15.1. The van der Waals surface area contributed by atoms with Gasteiger partial charge in [0, 0.05) is 40.1 Å². The van der Waals surface area contributed by atoms with E-state index < -0.39 is 0 Å². The molecule has 0 N–H and O–H groups in total. The minimum absolute atomic E-state index is 0.0537. The zero-order valence-electron chi connectivity index (χ0n) is 33.9. The third-order valence-corrected chi connectivity index (χ3v) is 13.0. The van der Waals surface area contributed by atoms with Crippen LogP contribution < -0.4 is 0 Å². The van der Waals surface area contributed by atoms with Gasteiger partial charge in [-0.1, -0.05) is 184 Å². The molecule has 0 aliphatic heterocycles. The Morgan fingerprint density at radius 3 is 1.66 bits per heavy atom. The summed E-state index contributed by atoms with van der Waals surface area (Å²) >= 11 is 0. The SMILES string of the molecule is CC1(C)c2ccccc2-c2ccc(-c3ccc(-c4cc(-c5ccc(-c6ccc7ccc8cccc9ccc6c7c89)cc5)nc(-c5ccccc5-c5cccnc5)n4)cc3)cc21. The summed E-state index contributed by atoms with van der Waals surface area (Å²) in [7, 11) is 0. The smallest absolute Gasteiger partial charge is 0.161 e. The average Bonchev–Trinajstić information content (AvgIpc) is 3.56. The maximum atomic E-state index is 5.29. The number of hydrogen-bond acceptors (Lipinski definition) is 3. The molecule has 0 amide bonds. The van der Waals surface area contributed by atoms with Gasteiger partial charge in [-0.2, -0.15) is 0 Å². The van der Waals surface area contributed by atoms with Crippen LogP contribution in [0.25, 0.3) is 111 Å². The molecule has 0 unspecified atom stereocenters. The van der Waals surface area contributed by atoms with Gasteiger partial charge in [-0.3, -0.25) is 4.98 Å². The van der Waals surface area contributed by atoms with Crippen molar-refractivity contribution < 1.29 is 0 Å². The molecule has 0 atom stereocenters. The zero-order valence-corrected chi connectivity index (χ0v) is 33.9. The van der Waals surface area contributed by atoms with Crippen LogP contribution in [0.4, 0.5) is 0 Å². The summed E-state index contributed by atoms with van der Waals surface area (Å²) in [5.74, 6) is 0.673. The van der Waals surface area contributed by atoms with Gasteiger partial charge >= 0.3 is 0 Å². The van der Waals surface area contributed by atoms with Gasteiger partial charge in [0.25, 0.3) is 0 Å². The predicted molar refractivity (Wildman–Crippen MR) is 254 cm³/mol. The lowest BCUT2D eigenvalue weighted by Crippen LogP contribution is -2.14. The van der Waals surface area contributed by atoms with Gasteiger partial charge in [-0.25, -0.2) is 9.97 Å². The number of nitrogens with zero attached hydrogens (tertiary/aromatic N) is 3. The van der Waals surface area contributed by atoms with E-state index in [0.29, 0.717) is 5.82 Å². The number of hydrogen-bond donors (Lipinski definition) is 0. The van der Waals surface area contributed by atoms with Crippen LogP contribution in [0.1, 0.15) is 25.0 Å². The molecule has 61 heavy (non-hydrogen) atoms. The van der Waals surface area contributed by atoms with Gasteiger partial charge in [-0.05, 0) is 101 Å². The second kappa shape index (κ2) is 13.7. The highest BCUT2D eigenvalue weighted by atomic mass is 14.9. The summed E-state index contributed by atoms with van der Waals surface area (Å²) in [6.45, 7) is 4.67. The lowest BCUT2D eigenvalue weighted by Gasteiger charge is -2.22. The molecule has 11 aromatic rings. The topological polar surface area (TPSA) is 38.7 Å². The Morgan fingerprint density at radius 2 is 0.934 bits per heavy atom. The third-order valence-electron chi connectivity index (χ3n) is 13.0. The van der Waals surface area contributed by atoms with Crippen molar-refractivity contribution in [1.82, 2.24) is 15.0 Å². The molecule has 0 fully saturated rings. The summed E-state index contributed by atoms with van der Waals surface area (Å²) in [6, 6.07) is 68.1. The van der Waals surface area contributed by atoms with Gasteiger partial charge in [0.1, 0.15) is 0 Å². The van der Waals surface area contributed by atoms with Crippen molar-refractivity contribution in [2.24, 2.45) is 0 Å². The molecule has 3 nitrogen and oxygen atoms in total.